The highest BCUT2D eigenvalue weighted by atomic mass is 35.5. The van der Waals surface area contributed by atoms with Crippen LogP contribution in [0.15, 0.2) is 24.3 Å². The summed E-state index contributed by atoms with van der Waals surface area (Å²) in [6, 6.07) is 8.59. The van der Waals surface area contributed by atoms with Crippen LogP contribution < -0.4 is 10.6 Å². The average Bonchev–Trinajstić information content (AvgIpc) is 2.37. The van der Waals surface area contributed by atoms with Gasteiger partial charge in [0.2, 0.25) is 5.91 Å². The Morgan fingerprint density at radius 2 is 1.90 bits per heavy atom. The van der Waals surface area contributed by atoms with Crippen LogP contribution >= 0.6 is 12.4 Å². The fraction of sp³-hybridized carbons (Fsp3) is 0.562. The van der Waals surface area contributed by atoms with E-state index in [0.717, 1.165) is 6.54 Å². The Morgan fingerprint density at radius 1 is 1.25 bits per heavy atom. The van der Waals surface area contributed by atoms with Crippen molar-refractivity contribution in [1.29, 1.82) is 0 Å². The van der Waals surface area contributed by atoms with E-state index in [1.165, 1.54) is 11.1 Å². The standard InChI is InChI=1S/C16H26N2O.ClH/c1-5-17-14(4)11-18-16(19)10-13(3)15-9-7-6-8-12(15)2;/h6-9,13-14,17H,5,10-11H2,1-4H3,(H,18,19);1H/t13?,14-;/m1./s1. The summed E-state index contributed by atoms with van der Waals surface area (Å²) < 4.78 is 0. The number of likely N-dealkylation sites (N-methyl/N-ethyl adjacent to an activating group) is 1. The minimum absolute atomic E-state index is 0. The van der Waals surface area contributed by atoms with Crippen LogP contribution in [0.5, 0.6) is 0 Å². The first kappa shape index (κ1) is 18.9. The Morgan fingerprint density at radius 3 is 2.50 bits per heavy atom. The predicted molar refractivity (Wildman–Crippen MR) is 87.6 cm³/mol. The molecule has 2 N–H and O–H groups in total. The second-order valence-electron chi connectivity index (χ2n) is 5.22. The van der Waals surface area contributed by atoms with Gasteiger partial charge in [-0.1, -0.05) is 38.1 Å². The van der Waals surface area contributed by atoms with Gasteiger partial charge in [-0.25, -0.2) is 0 Å². The van der Waals surface area contributed by atoms with E-state index in [1.807, 2.05) is 12.1 Å². The van der Waals surface area contributed by atoms with Crippen LogP contribution in [0.2, 0.25) is 0 Å². The molecule has 1 unspecified atom stereocenters. The lowest BCUT2D eigenvalue weighted by Crippen LogP contribution is -2.39. The van der Waals surface area contributed by atoms with Gasteiger partial charge in [0.1, 0.15) is 0 Å². The van der Waals surface area contributed by atoms with Crippen molar-refractivity contribution >= 4 is 18.3 Å². The second kappa shape index (κ2) is 9.78. The van der Waals surface area contributed by atoms with Gasteiger partial charge in [0.15, 0.2) is 0 Å². The molecule has 0 saturated heterocycles. The van der Waals surface area contributed by atoms with Gasteiger partial charge in [-0.15, -0.1) is 12.4 Å². The topological polar surface area (TPSA) is 41.1 Å². The third kappa shape index (κ3) is 6.40. The average molecular weight is 299 g/mol. The van der Waals surface area contributed by atoms with Crippen molar-refractivity contribution < 1.29 is 4.79 Å². The normalized spacial score (nSPS) is 13.2. The Labute approximate surface area is 128 Å². The molecule has 0 aliphatic rings. The zero-order valence-corrected chi connectivity index (χ0v) is 13.7. The van der Waals surface area contributed by atoms with Crippen LogP contribution in [0, 0.1) is 6.92 Å². The molecule has 0 aliphatic heterocycles. The quantitative estimate of drug-likeness (QED) is 0.812. The summed E-state index contributed by atoms with van der Waals surface area (Å²) >= 11 is 0. The minimum atomic E-state index is 0. The number of hydrogen-bond donors (Lipinski definition) is 2. The molecule has 0 radical (unpaired) electrons. The molecule has 0 fully saturated rings. The van der Waals surface area contributed by atoms with E-state index in [-0.39, 0.29) is 24.2 Å². The summed E-state index contributed by atoms with van der Waals surface area (Å²) in [6.45, 7) is 9.96. The highest BCUT2D eigenvalue weighted by Crippen LogP contribution is 2.21. The molecule has 0 spiro atoms. The van der Waals surface area contributed by atoms with Gasteiger partial charge in [0, 0.05) is 19.0 Å². The molecule has 114 valence electrons. The van der Waals surface area contributed by atoms with Crippen LogP contribution in [0.1, 0.15) is 44.2 Å². The molecule has 1 rings (SSSR count). The lowest BCUT2D eigenvalue weighted by Gasteiger charge is -2.16. The van der Waals surface area contributed by atoms with Crippen LogP contribution in [0.25, 0.3) is 0 Å². The molecule has 20 heavy (non-hydrogen) atoms. The zero-order valence-electron chi connectivity index (χ0n) is 12.9. The van der Waals surface area contributed by atoms with Crippen molar-refractivity contribution in [2.75, 3.05) is 13.1 Å². The van der Waals surface area contributed by atoms with E-state index in [9.17, 15) is 4.79 Å². The molecule has 3 nitrogen and oxygen atoms in total. The predicted octanol–water partition coefficient (Wildman–Crippen LogP) is 3.02. The summed E-state index contributed by atoms with van der Waals surface area (Å²) in [5, 5.41) is 6.27. The van der Waals surface area contributed by atoms with E-state index in [1.54, 1.807) is 0 Å². The molecule has 0 heterocycles. The van der Waals surface area contributed by atoms with E-state index in [2.05, 4.69) is 50.5 Å². The van der Waals surface area contributed by atoms with Crippen LogP contribution in [-0.4, -0.2) is 25.0 Å². The third-order valence-electron chi connectivity index (χ3n) is 3.37. The molecular formula is C16H27ClN2O. The number of carbonyl (C=O) groups excluding carboxylic acids is 1. The Bertz CT molecular complexity index is 409. The van der Waals surface area contributed by atoms with Gasteiger partial charge >= 0.3 is 0 Å². The molecule has 0 saturated carbocycles. The number of carbonyl (C=O) groups is 1. The van der Waals surface area contributed by atoms with E-state index in [0.29, 0.717) is 19.0 Å². The first-order valence-corrected chi connectivity index (χ1v) is 7.10. The molecule has 1 aromatic carbocycles. The third-order valence-corrected chi connectivity index (χ3v) is 3.37. The molecule has 0 aliphatic carbocycles. The highest BCUT2D eigenvalue weighted by molar-refractivity contribution is 5.85. The molecule has 2 atom stereocenters. The maximum atomic E-state index is 11.9. The number of aryl methyl sites for hydroxylation is 1. The SMILES string of the molecule is CCN[C@H](C)CNC(=O)CC(C)c1ccccc1C.Cl. The molecular weight excluding hydrogens is 272 g/mol. The van der Waals surface area contributed by atoms with E-state index >= 15 is 0 Å². The molecule has 0 aromatic heterocycles. The number of halogens is 1. The number of benzene rings is 1. The molecule has 1 amide bonds. The minimum Gasteiger partial charge on any atom is -0.355 e. The molecule has 1 aromatic rings. The fourth-order valence-corrected chi connectivity index (χ4v) is 2.29. The van der Waals surface area contributed by atoms with Gasteiger partial charge in [-0.05, 0) is 37.4 Å². The van der Waals surface area contributed by atoms with Crippen molar-refractivity contribution in [3.8, 4) is 0 Å². The summed E-state index contributed by atoms with van der Waals surface area (Å²) in [4.78, 5) is 11.9. The van der Waals surface area contributed by atoms with Crippen molar-refractivity contribution in [2.24, 2.45) is 0 Å². The summed E-state index contributed by atoms with van der Waals surface area (Å²) in [5.41, 5.74) is 2.51. The molecule has 0 bridgehead atoms. The lowest BCUT2D eigenvalue weighted by atomic mass is 9.93. The largest absolute Gasteiger partial charge is 0.355 e. The van der Waals surface area contributed by atoms with E-state index < -0.39 is 0 Å². The number of rotatable bonds is 7. The molecule has 4 heteroatoms. The number of hydrogen-bond acceptors (Lipinski definition) is 2. The highest BCUT2D eigenvalue weighted by Gasteiger charge is 2.13. The van der Waals surface area contributed by atoms with Crippen molar-refractivity contribution in [1.82, 2.24) is 10.6 Å². The lowest BCUT2D eigenvalue weighted by molar-refractivity contribution is -0.121. The van der Waals surface area contributed by atoms with Crippen molar-refractivity contribution in [3.63, 3.8) is 0 Å². The van der Waals surface area contributed by atoms with Crippen molar-refractivity contribution in [3.05, 3.63) is 35.4 Å². The Kier molecular flexibility index (Phi) is 9.26. The Hall–Kier alpha value is -1.06. The van der Waals surface area contributed by atoms with Gasteiger partial charge in [-0.3, -0.25) is 4.79 Å². The van der Waals surface area contributed by atoms with Gasteiger partial charge < -0.3 is 10.6 Å². The first-order valence-electron chi connectivity index (χ1n) is 7.10. The summed E-state index contributed by atoms with van der Waals surface area (Å²) in [5.74, 6) is 0.385. The van der Waals surface area contributed by atoms with Crippen molar-refractivity contribution in [2.45, 2.75) is 46.1 Å². The van der Waals surface area contributed by atoms with Crippen LogP contribution in [0.4, 0.5) is 0 Å². The number of amides is 1. The maximum absolute atomic E-state index is 11.9. The van der Waals surface area contributed by atoms with Gasteiger partial charge in [-0.2, -0.15) is 0 Å². The maximum Gasteiger partial charge on any atom is 0.220 e. The van der Waals surface area contributed by atoms with Crippen LogP contribution in [0.3, 0.4) is 0 Å². The van der Waals surface area contributed by atoms with Gasteiger partial charge in [0.25, 0.3) is 0 Å². The zero-order chi connectivity index (χ0) is 14.3. The van der Waals surface area contributed by atoms with Crippen LogP contribution in [-0.2, 0) is 4.79 Å². The summed E-state index contributed by atoms with van der Waals surface area (Å²) in [7, 11) is 0. The first-order chi connectivity index (χ1) is 9.04. The van der Waals surface area contributed by atoms with Gasteiger partial charge in [0.05, 0.1) is 0 Å². The fourth-order valence-electron chi connectivity index (χ4n) is 2.29. The van der Waals surface area contributed by atoms with E-state index in [4.69, 9.17) is 0 Å². The monoisotopic (exact) mass is 298 g/mol. The summed E-state index contributed by atoms with van der Waals surface area (Å²) in [6.07, 6.45) is 0.545. The second-order valence-corrected chi connectivity index (χ2v) is 5.22. The number of nitrogens with one attached hydrogen (secondary N) is 2. The smallest absolute Gasteiger partial charge is 0.220 e. The Balaban J connectivity index is 0.00000361.